The molecule has 0 unspecified atom stereocenters. The number of sulfone groups is 1. The molecule has 2 aliphatic heterocycles. The van der Waals surface area contributed by atoms with Gasteiger partial charge in [-0.3, -0.25) is 0 Å². The average Bonchev–Trinajstić information content (AvgIpc) is 3.15. The summed E-state index contributed by atoms with van der Waals surface area (Å²) in [7, 11) is -1.09. The molecule has 10 heteroatoms. The van der Waals surface area contributed by atoms with Gasteiger partial charge in [0.25, 0.3) is 0 Å². The summed E-state index contributed by atoms with van der Waals surface area (Å²) in [5, 5.41) is 3.32. The summed E-state index contributed by atoms with van der Waals surface area (Å²) < 4.78 is 24.1. The highest BCUT2D eigenvalue weighted by atomic mass is 32.2. The summed E-state index contributed by atoms with van der Waals surface area (Å²) in [6.07, 6.45) is 3.52. The van der Waals surface area contributed by atoms with Crippen molar-refractivity contribution in [1.29, 1.82) is 0 Å². The molecule has 0 spiro atoms. The second-order valence-corrected chi connectivity index (χ2v) is 9.14. The number of aromatic amines is 1. The quantitative estimate of drug-likeness (QED) is 0.749. The van der Waals surface area contributed by atoms with E-state index in [0.29, 0.717) is 12.5 Å². The number of rotatable bonds is 4. The second-order valence-electron chi connectivity index (χ2n) is 6.98. The number of hydrogen-bond acceptors (Lipinski definition) is 8. The molecule has 0 bridgehead atoms. The fourth-order valence-electron chi connectivity index (χ4n) is 3.68. The van der Waals surface area contributed by atoms with Crippen LogP contribution in [0.2, 0.25) is 0 Å². The van der Waals surface area contributed by atoms with E-state index in [1.807, 2.05) is 24.9 Å². The van der Waals surface area contributed by atoms with Gasteiger partial charge in [-0.25, -0.2) is 18.4 Å². The van der Waals surface area contributed by atoms with Crippen LogP contribution in [-0.4, -0.2) is 72.1 Å². The smallest absolute Gasteiger partial charge is 0.227 e. The van der Waals surface area contributed by atoms with E-state index in [9.17, 15) is 8.42 Å². The van der Waals surface area contributed by atoms with Crippen molar-refractivity contribution in [3.05, 3.63) is 30.0 Å². The Morgan fingerprint density at radius 1 is 1.35 bits per heavy atom. The molecule has 2 atom stereocenters. The minimum atomic E-state index is -3.00. The molecule has 0 aliphatic carbocycles. The first-order valence-corrected chi connectivity index (χ1v) is 10.5. The average molecular weight is 377 g/mol. The lowest BCUT2D eigenvalue weighted by molar-refractivity contribution is 0.422. The highest BCUT2D eigenvalue weighted by Gasteiger charge is 2.43. The van der Waals surface area contributed by atoms with Gasteiger partial charge in [0.1, 0.15) is 11.6 Å². The SMILES string of the molecule is Cc1cnc(CN(C)c2nccc(N3CCN[C@@H]4CS(=O)(=O)C[C@@H]43)n2)[nH]1. The van der Waals surface area contributed by atoms with Gasteiger partial charge < -0.3 is 20.1 Å². The van der Waals surface area contributed by atoms with Gasteiger partial charge in [-0.15, -0.1) is 0 Å². The Labute approximate surface area is 152 Å². The summed E-state index contributed by atoms with van der Waals surface area (Å²) in [6.45, 7) is 4.01. The van der Waals surface area contributed by atoms with Crippen LogP contribution in [0.1, 0.15) is 11.5 Å². The molecule has 9 nitrogen and oxygen atoms in total. The molecular weight excluding hydrogens is 354 g/mol. The van der Waals surface area contributed by atoms with Crippen LogP contribution < -0.4 is 15.1 Å². The van der Waals surface area contributed by atoms with Crippen molar-refractivity contribution in [1.82, 2.24) is 25.3 Å². The van der Waals surface area contributed by atoms with Crippen molar-refractivity contribution in [3.8, 4) is 0 Å². The van der Waals surface area contributed by atoms with Crippen molar-refractivity contribution in [2.24, 2.45) is 0 Å². The third-order valence-corrected chi connectivity index (χ3v) is 6.60. The number of nitrogens with zero attached hydrogens (tertiary/aromatic N) is 5. The molecular formula is C16H23N7O2S. The Morgan fingerprint density at radius 3 is 2.96 bits per heavy atom. The van der Waals surface area contributed by atoms with E-state index in [1.54, 1.807) is 12.4 Å². The summed E-state index contributed by atoms with van der Waals surface area (Å²) in [4.78, 5) is 20.6. The summed E-state index contributed by atoms with van der Waals surface area (Å²) in [5.74, 6) is 2.58. The van der Waals surface area contributed by atoms with Gasteiger partial charge in [-0.2, -0.15) is 4.98 Å². The minimum Gasteiger partial charge on any atom is -0.350 e. The molecule has 26 heavy (non-hydrogen) atoms. The van der Waals surface area contributed by atoms with Gasteiger partial charge in [0.2, 0.25) is 5.95 Å². The molecule has 2 fully saturated rings. The van der Waals surface area contributed by atoms with E-state index in [-0.39, 0.29) is 23.6 Å². The van der Waals surface area contributed by atoms with E-state index in [1.165, 1.54) is 0 Å². The van der Waals surface area contributed by atoms with Crippen molar-refractivity contribution >= 4 is 21.6 Å². The van der Waals surface area contributed by atoms with Crippen LogP contribution in [0.25, 0.3) is 0 Å². The van der Waals surface area contributed by atoms with Crippen LogP contribution in [0.5, 0.6) is 0 Å². The number of hydrogen-bond donors (Lipinski definition) is 2. The molecule has 4 heterocycles. The monoisotopic (exact) mass is 377 g/mol. The molecule has 140 valence electrons. The lowest BCUT2D eigenvalue weighted by atomic mass is 10.1. The van der Waals surface area contributed by atoms with Gasteiger partial charge >= 0.3 is 0 Å². The topological polar surface area (TPSA) is 107 Å². The van der Waals surface area contributed by atoms with Crippen LogP contribution in [0.3, 0.4) is 0 Å². The number of H-pyrrole nitrogens is 1. The Hall–Kier alpha value is -2.20. The first-order chi connectivity index (χ1) is 12.4. The molecule has 2 N–H and O–H groups in total. The highest BCUT2D eigenvalue weighted by Crippen LogP contribution is 2.26. The number of aryl methyl sites for hydroxylation is 1. The molecule has 2 saturated heterocycles. The second kappa shape index (κ2) is 6.51. The fourth-order valence-corrected chi connectivity index (χ4v) is 5.63. The molecule has 0 saturated carbocycles. The highest BCUT2D eigenvalue weighted by molar-refractivity contribution is 7.91. The van der Waals surface area contributed by atoms with Gasteiger partial charge in [0, 0.05) is 44.3 Å². The fraction of sp³-hybridized carbons (Fsp3) is 0.562. The Bertz CT molecular complexity index is 898. The maximum atomic E-state index is 12.0. The zero-order valence-corrected chi connectivity index (χ0v) is 15.7. The van der Waals surface area contributed by atoms with Crippen LogP contribution in [-0.2, 0) is 16.4 Å². The largest absolute Gasteiger partial charge is 0.350 e. The summed E-state index contributed by atoms with van der Waals surface area (Å²) in [5.41, 5.74) is 1.01. The van der Waals surface area contributed by atoms with Crippen LogP contribution in [0.15, 0.2) is 18.5 Å². The Morgan fingerprint density at radius 2 is 2.19 bits per heavy atom. The first-order valence-electron chi connectivity index (χ1n) is 8.66. The van der Waals surface area contributed by atoms with Crippen molar-refractivity contribution in [2.45, 2.75) is 25.6 Å². The summed E-state index contributed by atoms with van der Waals surface area (Å²) in [6, 6.07) is 1.74. The van der Waals surface area contributed by atoms with Crippen LogP contribution >= 0.6 is 0 Å². The van der Waals surface area contributed by atoms with Gasteiger partial charge in [-0.1, -0.05) is 0 Å². The first kappa shape index (κ1) is 17.2. The Kier molecular flexibility index (Phi) is 4.31. The minimum absolute atomic E-state index is 0.0315. The number of aromatic nitrogens is 4. The lowest BCUT2D eigenvalue weighted by Crippen LogP contribution is -2.57. The molecule has 0 radical (unpaired) electrons. The lowest BCUT2D eigenvalue weighted by Gasteiger charge is -2.38. The zero-order valence-electron chi connectivity index (χ0n) is 14.9. The predicted molar refractivity (Wildman–Crippen MR) is 99.0 cm³/mol. The van der Waals surface area contributed by atoms with Crippen LogP contribution in [0, 0.1) is 6.92 Å². The molecule has 2 aliphatic rings. The third-order valence-electron chi connectivity index (χ3n) is 4.89. The van der Waals surface area contributed by atoms with Gasteiger partial charge in [0.05, 0.1) is 24.1 Å². The van der Waals surface area contributed by atoms with E-state index < -0.39 is 9.84 Å². The van der Waals surface area contributed by atoms with Crippen molar-refractivity contribution in [2.75, 3.05) is 41.4 Å². The van der Waals surface area contributed by atoms with E-state index in [0.717, 1.165) is 30.4 Å². The Balaban J connectivity index is 1.55. The summed E-state index contributed by atoms with van der Waals surface area (Å²) >= 11 is 0. The van der Waals surface area contributed by atoms with E-state index in [2.05, 4.69) is 30.2 Å². The zero-order chi connectivity index (χ0) is 18.3. The third kappa shape index (κ3) is 3.38. The maximum absolute atomic E-state index is 12.0. The molecule has 2 aromatic heterocycles. The van der Waals surface area contributed by atoms with Crippen LogP contribution in [0.4, 0.5) is 11.8 Å². The van der Waals surface area contributed by atoms with E-state index >= 15 is 0 Å². The van der Waals surface area contributed by atoms with Crippen molar-refractivity contribution in [3.63, 3.8) is 0 Å². The predicted octanol–water partition coefficient (Wildman–Crippen LogP) is -0.280. The molecule has 2 aromatic rings. The van der Waals surface area contributed by atoms with Gasteiger partial charge in [-0.05, 0) is 13.0 Å². The standard InChI is InChI=1S/C16H23N7O2S/c1-11-7-19-14(20-11)8-22(2)16-18-4-3-15(21-16)23-6-5-17-12-9-26(24,25)10-13(12)23/h3-4,7,12-13,17H,5-6,8-10H2,1-2H3,(H,19,20)/t12-,13+/m1/s1. The molecule has 0 amide bonds. The number of nitrogens with one attached hydrogen (secondary N) is 2. The van der Waals surface area contributed by atoms with Crippen molar-refractivity contribution < 1.29 is 8.42 Å². The number of imidazole rings is 1. The maximum Gasteiger partial charge on any atom is 0.227 e. The normalized spacial score (nSPS) is 24.5. The van der Waals surface area contributed by atoms with E-state index in [4.69, 9.17) is 0 Å². The molecule has 0 aromatic carbocycles. The van der Waals surface area contributed by atoms with Gasteiger partial charge in [0.15, 0.2) is 9.84 Å². The number of fused-ring (bicyclic) bond motifs is 1. The number of anilines is 2. The molecule has 4 rings (SSSR count). The number of piperazine rings is 1.